The van der Waals surface area contributed by atoms with E-state index in [1.807, 2.05) is 0 Å². The van der Waals surface area contributed by atoms with E-state index in [-0.39, 0.29) is 12.3 Å². The van der Waals surface area contributed by atoms with E-state index in [9.17, 15) is 14.0 Å². The van der Waals surface area contributed by atoms with E-state index < -0.39 is 18.0 Å². The summed E-state index contributed by atoms with van der Waals surface area (Å²) in [5.41, 5.74) is -0.604. The predicted molar refractivity (Wildman–Crippen MR) is 54.0 cm³/mol. The Labute approximate surface area is 94.4 Å². The molecule has 2 heterocycles. The molecule has 17 heavy (non-hydrogen) atoms. The molecule has 2 aromatic heterocycles. The van der Waals surface area contributed by atoms with Crippen molar-refractivity contribution < 1.29 is 13.9 Å². The zero-order valence-electron chi connectivity index (χ0n) is 8.91. The minimum absolute atomic E-state index is 0.0307. The molecule has 0 aliphatic rings. The normalized spacial score (nSPS) is 12.6. The van der Waals surface area contributed by atoms with Gasteiger partial charge in [0.05, 0.1) is 12.8 Å². The number of rotatable bonds is 3. The standard InChI is InChI=1S/C9H9FN4O3/c1-2-17-8(15)7(10)14-9(16)13-4-3-11-5-6(13)12-14/h3-5,7H,2H2,1H3. The Balaban J connectivity index is 2.46. The summed E-state index contributed by atoms with van der Waals surface area (Å²) in [5, 5.41) is 3.64. The topological polar surface area (TPSA) is 78.5 Å². The molecule has 0 aliphatic carbocycles. The number of aromatic nitrogens is 4. The summed E-state index contributed by atoms with van der Waals surface area (Å²) in [6, 6.07) is 0. The van der Waals surface area contributed by atoms with Crippen molar-refractivity contribution in [3.8, 4) is 0 Å². The van der Waals surface area contributed by atoms with Gasteiger partial charge in [-0.1, -0.05) is 0 Å². The van der Waals surface area contributed by atoms with Crippen LogP contribution in [0.3, 0.4) is 0 Å². The van der Waals surface area contributed by atoms with Crippen LogP contribution < -0.4 is 5.69 Å². The number of fused-ring (bicyclic) bond motifs is 1. The highest BCUT2D eigenvalue weighted by Gasteiger charge is 2.25. The fraction of sp³-hybridized carbons (Fsp3) is 0.333. The Morgan fingerprint density at radius 2 is 2.41 bits per heavy atom. The molecule has 2 aromatic rings. The number of nitrogens with zero attached hydrogens (tertiary/aromatic N) is 4. The van der Waals surface area contributed by atoms with Gasteiger partial charge in [-0.05, 0) is 6.92 Å². The quantitative estimate of drug-likeness (QED) is 0.701. The molecule has 8 heteroatoms. The molecule has 0 aromatic carbocycles. The number of esters is 1. The Hall–Kier alpha value is -2.25. The van der Waals surface area contributed by atoms with Gasteiger partial charge in [-0.2, -0.15) is 4.68 Å². The highest BCUT2D eigenvalue weighted by molar-refractivity contribution is 5.72. The molecule has 0 bridgehead atoms. The molecule has 0 saturated heterocycles. The van der Waals surface area contributed by atoms with Crippen LogP contribution >= 0.6 is 0 Å². The molecule has 0 aliphatic heterocycles. The molecule has 0 spiro atoms. The molecular formula is C9H9FN4O3. The maximum atomic E-state index is 13.6. The van der Waals surface area contributed by atoms with Crippen LogP contribution in [-0.4, -0.2) is 31.7 Å². The van der Waals surface area contributed by atoms with E-state index in [0.29, 0.717) is 4.68 Å². The summed E-state index contributed by atoms with van der Waals surface area (Å²) in [7, 11) is 0. The summed E-state index contributed by atoms with van der Waals surface area (Å²) in [6.45, 7) is 1.57. The third-order valence-electron chi connectivity index (χ3n) is 2.05. The lowest BCUT2D eigenvalue weighted by Gasteiger charge is -2.05. The molecule has 0 N–H and O–H groups in total. The fourth-order valence-electron chi connectivity index (χ4n) is 1.31. The molecule has 1 unspecified atom stereocenters. The molecule has 2 rings (SSSR count). The van der Waals surface area contributed by atoms with Crippen molar-refractivity contribution >= 4 is 11.6 Å². The van der Waals surface area contributed by atoms with E-state index in [2.05, 4.69) is 14.8 Å². The third kappa shape index (κ3) is 1.88. The zero-order chi connectivity index (χ0) is 12.4. The first-order valence-corrected chi connectivity index (χ1v) is 4.86. The average molecular weight is 240 g/mol. The number of hydrogen-bond acceptors (Lipinski definition) is 5. The number of hydrogen-bond donors (Lipinski definition) is 0. The maximum absolute atomic E-state index is 13.6. The Kier molecular flexibility index (Phi) is 2.86. The second-order valence-electron chi connectivity index (χ2n) is 3.12. The predicted octanol–water partition coefficient (Wildman–Crippen LogP) is -0.0778. The SMILES string of the molecule is CCOC(=O)C(F)n1nc2cnccn2c1=O. The lowest BCUT2D eigenvalue weighted by Crippen LogP contribution is -2.29. The van der Waals surface area contributed by atoms with E-state index >= 15 is 0 Å². The van der Waals surface area contributed by atoms with Crippen LogP contribution in [0.25, 0.3) is 5.65 Å². The van der Waals surface area contributed by atoms with Crippen molar-refractivity contribution in [1.82, 2.24) is 19.2 Å². The summed E-state index contributed by atoms with van der Waals surface area (Å²) >= 11 is 0. The van der Waals surface area contributed by atoms with E-state index in [1.54, 1.807) is 6.92 Å². The monoisotopic (exact) mass is 240 g/mol. The number of alkyl halides is 1. The van der Waals surface area contributed by atoms with Gasteiger partial charge in [0.25, 0.3) is 6.30 Å². The summed E-state index contributed by atoms with van der Waals surface area (Å²) in [6.07, 6.45) is 1.73. The molecule has 0 saturated carbocycles. The summed E-state index contributed by atoms with van der Waals surface area (Å²) in [4.78, 5) is 26.6. The van der Waals surface area contributed by atoms with E-state index in [4.69, 9.17) is 0 Å². The van der Waals surface area contributed by atoms with Crippen LogP contribution in [0.5, 0.6) is 0 Å². The molecule has 90 valence electrons. The van der Waals surface area contributed by atoms with Gasteiger partial charge in [0.2, 0.25) is 0 Å². The second-order valence-corrected chi connectivity index (χ2v) is 3.12. The first kappa shape index (κ1) is 11.2. The highest BCUT2D eigenvalue weighted by Crippen LogP contribution is 2.07. The summed E-state index contributed by atoms with van der Waals surface area (Å²) < 4.78 is 19.6. The minimum Gasteiger partial charge on any atom is -0.462 e. The number of carbonyl (C=O) groups excluding carboxylic acids is 1. The largest absolute Gasteiger partial charge is 0.462 e. The van der Waals surface area contributed by atoms with Crippen LogP contribution in [0.1, 0.15) is 13.2 Å². The Bertz CT molecular complexity index is 606. The highest BCUT2D eigenvalue weighted by atomic mass is 19.1. The van der Waals surface area contributed by atoms with Gasteiger partial charge in [0.15, 0.2) is 5.65 Å². The molecule has 0 radical (unpaired) electrons. The van der Waals surface area contributed by atoms with Crippen molar-refractivity contribution in [2.75, 3.05) is 6.61 Å². The molecule has 7 nitrogen and oxygen atoms in total. The van der Waals surface area contributed by atoms with Gasteiger partial charge in [0.1, 0.15) is 0 Å². The van der Waals surface area contributed by atoms with Crippen molar-refractivity contribution in [3.05, 3.63) is 29.1 Å². The van der Waals surface area contributed by atoms with Crippen LogP contribution in [0.15, 0.2) is 23.4 Å². The van der Waals surface area contributed by atoms with Gasteiger partial charge < -0.3 is 4.74 Å². The van der Waals surface area contributed by atoms with Crippen LogP contribution in [0, 0.1) is 0 Å². The zero-order valence-corrected chi connectivity index (χ0v) is 8.91. The lowest BCUT2D eigenvalue weighted by molar-refractivity contribution is -0.153. The van der Waals surface area contributed by atoms with Crippen LogP contribution in [0.2, 0.25) is 0 Å². The first-order valence-electron chi connectivity index (χ1n) is 4.86. The van der Waals surface area contributed by atoms with Crippen LogP contribution in [0.4, 0.5) is 4.39 Å². The molecule has 0 amide bonds. The van der Waals surface area contributed by atoms with E-state index in [1.165, 1.54) is 18.6 Å². The maximum Gasteiger partial charge on any atom is 0.364 e. The van der Waals surface area contributed by atoms with Crippen molar-refractivity contribution in [2.24, 2.45) is 0 Å². The van der Waals surface area contributed by atoms with Crippen molar-refractivity contribution in [1.29, 1.82) is 0 Å². The minimum atomic E-state index is -2.25. The average Bonchev–Trinajstić information content (AvgIpc) is 2.67. The Morgan fingerprint density at radius 3 is 3.06 bits per heavy atom. The van der Waals surface area contributed by atoms with Crippen molar-refractivity contribution in [3.63, 3.8) is 0 Å². The van der Waals surface area contributed by atoms with E-state index in [0.717, 1.165) is 4.40 Å². The first-order chi connectivity index (χ1) is 8.15. The van der Waals surface area contributed by atoms with Gasteiger partial charge in [-0.15, -0.1) is 5.10 Å². The lowest BCUT2D eigenvalue weighted by atomic mass is 10.6. The van der Waals surface area contributed by atoms with Gasteiger partial charge in [0, 0.05) is 12.4 Å². The molecular weight excluding hydrogens is 231 g/mol. The molecule has 1 atom stereocenters. The third-order valence-corrected chi connectivity index (χ3v) is 2.05. The smallest absolute Gasteiger partial charge is 0.364 e. The summed E-state index contributed by atoms with van der Waals surface area (Å²) in [5.74, 6) is -1.15. The van der Waals surface area contributed by atoms with Gasteiger partial charge >= 0.3 is 11.7 Å². The second kappa shape index (κ2) is 4.32. The number of ether oxygens (including phenoxy) is 1. The van der Waals surface area contributed by atoms with Gasteiger partial charge in [-0.3, -0.25) is 4.98 Å². The molecule has 0 fully saturated rings. The van der Waals surface area contributed by atoms with Crippen LogP contribution in [-0.2, 0) is 9.53 Å². The van der Waals surface area contributed by atoms with Gasteiger partial charge in [-0.25, -0.2) is 18.4 Å². The number of carbonyl (C=O) groups is 1. The Morgan fingerprint density at radius 1 is 1.65 bits per heavy atom. The fourth-order valence-corrected chi connectivity index (χ4v) is 1.31. The van der Waals surface area contributed by atoms with Crippen molar-refractivity contribution in [2.45, 2.75) is 13.2 Å². The number of halogens is 1.